The van der Waals surface area contributed by atoms with Crippen LogP contribution in [0.25, 0.3) is 0 Å². The Balaban J connectivity index is 2.10. The van der Waals surface area contributed by atoms with Crippen LogP contribution in [-0.4, -0.2) is 33.8 Å². The lowest BCUT2D eigenvalue weighted by atomic mass is 10.1. The molecule has 1 unspecified atom stereocenters. The summed E-state index contributed by atoms with van der Waals surface area (Å²) in [5.74, 6) is 0.363. The van der Waals surface area contributed by atoms with Gasteiger partial charge in [-0.1, -0.05) is 39.0 Å². The van der Waals surface area contributed by atoms with Gasteiger partial charge in [-0.3, -0.25) is 4.90 Å². The first-order valence-electron chi connectivity index (χ1n) is 8.77. The van der Waals surface area contributed by atoms with Crippen molar-refractivity contribution in [2.75, 3.05) is 13.1 Å². The summed E-state index contributed by atoms with van der Waals surface area (Å²) < 4.78 is 16.0. The Kier molecular flexibility index (Phi) is 7.00. The van der Waals surface area contributed by atoms with Crippen molar-refractivity contribution in [3.63, 3.8) is 0 Å². The molecule has 24 heavy (non-hydrogen) atoms. The fourth-order valence-corrected chi connectivity index (χ4v) is 2.93. The second-order valence-corrected chi connectivity index (χ2v) is 6.87. The van der Waals surface area contributed by atoms with Crippen LogP contribution < -0.4 is 0 Å². The largest absolute Gasteiger partial charge is 0.392 e. The Morgan fingerprint density at radius 2 is 1.88 bits per heavy atom. The zero-order valence-corrected chi connectivity index (χ0v) is 15.0. The summed E-state index contributed by atoms with van der Waals surface area (Å²) in [6, 6.07) is 11.0. The van der Waals surface area contributed by atoms with Crippen molar-refractivity contribution in [1.29, 1.82) is 0 Å². The predicted molar refractivity (Wildman–Crippen MR) is 96.3 cm³/mol. The molecule has 0 radical (unpaired) electrons. The van der Waals surface area contributed by atoms with Crippen molar-refractivity contribution < 1.29 is 9.50 Å². The average molecular weight is 332 g/mol. The van der Waals surface area contributed by atoms with Crippen LogP contribution in [0.5, 0.6) is 0 Å². The van der Waals surface area contributed by atoms with Gasteiger partial charge in [-0.15, -0.1) is 0 Å². The Hall–Kier alpha value is -1.65. The number of aromatic nitrogens is 1. The van der Waals surface area contributed by atoms with Gasteiger partial charge in [0.05, 0.1) is 12.6 Å². The molecule has 0 aliphatic heterocycles. The minimum atomic E-state index is -0.307. The molecule has 0 spiro atoms. The van der Waals surface area contributed by atoms with E-state index in [1.165, 1.54) is 6.07 Å². The van der Waals surface area contributed by atoms with E-state index < -0.39 is 0 Å². The van der Waals surface area contributed by atoms with Crippen LogP contribution in [0.1, 0.15) is 38.4 Å². The standard InChI is InChI=1S/C20H29FN2O/c1-4-19(24)15-22(12-16(2)3)14-18-9-7-11-23(18)13-17-8-5-6-10-20(17)21/h5-11,16,19,24H,4,12-15H2,1-3H3. The van der Waals surface area contributed by atoms with Crippen LogP contribution in [-0.2, 0) is 13.1 Å². The Morgan fingerprint density at radius 3 is 2.54 bits per heavy atom. The molecule has 1 aromatic heterocycles. The van der Waals surface area contributed by atoms with Crippen LogP contribution in [0.2, 0.25) is 0 Å². The zero-order valence-electron chi connectivity index (χ0n) is 15.0. The Labute approximate surface area is 144 Å². The van der Waals surface area contributed by atoms with Gasteiger partial charge in [0.25, 0.3) is 0 Å². The van der Waals surface area contributed by atoms with Crippen LogP contribution in [0, 0.1) is 11.7 Å². The molecule has 0 amide bonds. The summed E-state index contributed by atoms with van der Waals surface area (Å²) in [4.78, 5) is 2.28. The van der Waals surface area contributed by atoms with E-state index in [0.717, 1.165) is 25.2 Å². The maximum Gasteiger partial charge on any atom is 0.128 e. The molecular weight excluding hydrogens is 303 g/mol. The molecule has 1 aromatic carbocycles. The van der Waals surface area contributed by atoms with Gasteiger partial charge < -0.3 is 9.67 Å². The third-order valence-electron chi connectivity index (χ3n) is 4.17. The summed E-state index contributed by atoms with van der Waals surface area (Å²) in [6.45, 7) is 9.26. The van der Waals surface area contributed by atoms with Crippen LogP contribution in [0.15, 0.2) is 42.6 Å². The van der Waals surface area contributed by atoms with Gasteiger partial charge in [0.15, 0.2) is 0 Å². The fourth-order valence-electron chi connectivity index (χ4n) is 2.93. The van der Waals surface area contributed by atoms with E-state index in [9.17, 15) is 9.50 Å². The number of halogens is 1. The number of rotatable bonds is 9. The third kappa shape index (κ3) is 5.46. The maximum atomic E-state index is 13.9. The van der Waals surface area contributed by atoms with E-state index in [-0.39, 0.29) is 11.9 Å². The van der Waals surface area contributed by atoms with Crippen LogP contribution in [0.3, 0.4) is 0 Å². The lowest BCUT2D eigenvalue weighted by Crippen LogP contribution is -2.35. The number of hydrogen-bond donors (Lipinski definition) is 1. The zero-order chi connectivity index (χ0) is 17.5. The van der Waals surface area contributed by atoms with E-state index in [1.807, 2.05) is 31.3 Å². The van der Waals surface area contributed by atoms with Crippen molar-refractivity contribution in [2.45, 2.75) is 46.4 Å². The minimum Gasteiger partial charge on any atom is -0.392 e. The van der Waals surface area contributed by atoms with Crippen molar-refractivity contribution in [2.24, 2.45) is 5.92 Å². The second kappa shape index (κ2) is 9.00. The van der Waals surface area contributed by atoms with Gasteiger partial charge in [0, 0.05) is 37.1 Å². The number of benzene rings is 1. The van der Waals surface area contributed by atoms with E-state index in [4.69, 9.17) is 0 Å². The molecule has 0 saturated carbocycles. The van der Waals surface area contributed by atoms with Gasteiger partial charge in [-0.2, -0.15) is 0 Å². The van der Waals surface area contributed by atoms with Crippen molar-refractivity contribution >= 4 is 0 Å². The van der Waals surface area contributed by atoms with Crippen LogP contribution in [0.4, 0.5) is 4.39 Å². The van der Waals surface area contributed by atoms with Gasteiger partial charge in [-0.25, -0.2) is 4.39 Å². The van der Waals surface area contributed by atoms with Crippen LogP contribution >= 0.6 is 0 Å². The Bertz CT molecular complexity index is 624. The smallest absolute Gasteiger partial charge is 0.128 e. The fraction of sp³-hybridized carbons (Fsp3) is 0.500. The van der Waals surface area contributed by atoms with Gasteiger partial charge in [0.2, 0.25) is 0 Å². The minimum absolute atomic E-state index is 0.169. The lowest BCUT2D eigenvalue weighted by molar-refractivity contribution is 0.0973. The van der Waals surface area contributed by atoms with E-state index in [2.05, 4.69) is 29.4 Å². The number of hydrogen-bond acceptors (Lipinski definition) is 2. The van der Waals surface area contributed by atoms with E-state index in [0.29, 0.717) is 24.6 Å². The van der Waals surface area contributed by atoms with Crippen molar-refractivity contribution in [1.82, 2.24) is 9.47 Å². The number of nitrogens with zero attached hydrogens (tertiary/aromatic N) is 2. The third-order valence-corrected chi connectivity index (χ3v) is 4.17. The quantitative estimate of drug-likeness (QED) is 0.754. The van der Waals surface area contributed by atoms with Crippen molar-refractivity contribution in [3.05, 3.63) is 59.7 Å². The molecule has 4 heteroatoms. The Morgan fingerprint density at radius 1 is 1.12 bits per heavy atom. The highest BCUT2D eigenvalue weighted by Gasteiger charge is 2.15. The first-order valence-corrected chi connectivity index (χ1v) is 8.77. The summed E-state index contributed by atoms with van der Waals surface area (Å²) in [5.41, 5.74) is 1.83. The average Bonchev–Trinajstić information content (AvgIpc) is 2.95. The molecule has 1 heterocycles. The molecule has 1 N–H and O–H groups in total. The van der Waals surface area contributed by atoms with Crippen molar-refractivity contribution in [3.8, 4) is 0 Å². The van der Waals surface area contributed by atoms with E-state index >= 15 is 0 Å². The summed E-state index contributed by atoms with van der Waals surface area (Å²) in [7, 11) is 0. The highest BCUT2D eigenvalue weighted by Crippen LogP contribution is 2.14. The number of aliphatic hydroxyl groups is 1. The SMILES string of the molecule is CCC(O)CN(Cc1cccn1Cc1ccccc1F)CC(C)C. The molecule has 1 atom stereocenters. The molecule has 0 aliphatic carbocycles. The molecule has 0 bridgehead atoms. The number of aliphatic hydroxyl groups excluding tert-OH is 1. The summed E-state index contributed by atoms with van der Waals surface area (Å²) in [6.07, 6.45) is 2.44. The normalized spacial score (nSPS) is 13.0. The summed E-state index contributed by atoms with van der Waals surface area (Å²) in [5, 5.41) is 10.0. The monoisotopic (exact) mass is 332 g/mol. The second-order valence-electron chi connectivity index (χ2n) is 6.87. The highest BCUT2D eigenvalue weighted by atomic mass is 19.1. The summed E-state index contributed by atoms with van der Waals surface area (Å²) >= 11 is 0. The molecule has 132 valence electrons. The maximum absolute atomic E-state index is 13.9. The lowest BCUT2D eigenvalue weighted by Gasteiger charge is -2.27. The molecule has 0 saturated heterocycles. The van der Waals surface area contributed by atoms with Gasteiger partial charge in [-0.05, 0) is 30.5 Å². The molecule has 0 fully saturated rings. The molecular formula is C20H29FN2O. The first-order chi connectivity index (χ1) is 11.5. The van der Waals surface area contributed by atoms with Gasteiger partial charge in [0.1, 0.15) is 5.82 Å². The van der Waals surface area contributed by atoms with Gasteiger partial charge >= 0.3 is 0 Å². The molecule has 2 rings (SSSR count). The molecule has 0 aliphatic rings. The predicted octanol–water partition coefficient (Wildman–Crippen LogP) is 3.90. The highest BCUT2D eigenvalue weighted by molar-refractivity contribution is 5.19. The topological polar surface area (TPSA) is 28.4 Å². The first kappa shape index (κ1) is 18.7. The molecule has 3 nitrogen and oxygen atoms in total. The molecule has 2 aromatic rings. The van der Waals surface area contributed by atoms with E-state index in [1.54, 1.807) is 6.07 Å².